The monoisotopic (exact) mass is 430 g/mol. The van der Waals surface area contributed by atoms with Crippen LogP contribution >= 0.6 is 0 Å². The lowest BCUT2D eigenvalue weighted by Crippen LogP contribution is -2.36. The minimum absolute atomic E-state index is 0.154. The van der Waals surface area contributed by atoms with E-state index >= 15 is 0 Å². The Morgan fingerprint density at radius 1 is 1.19 bits per heavy atom. The molecule has 8 heteroatoms. The minimum Gasteiger partial charge on any atom is -0.485 e. The van der Waals surface area contributed by atoms with Gasteiger partial charge in [-0.15, -0.1) is 0 Å². The molecule has 0 spiro atoms. The maximum absolute atomic E-state index is 14.6. The van der Waals surface area contributed by atoms with E-state index in [2.05, 4.69) is 15.4 Å². The lowest BCUT2D eigenvalue weighted by Gasteiger charge is -2.13. The van der Waals surface area contributed by atoms with Gasteiger partial charge in [-0.1, -0.05) is 24.3 Å². The van der Waals surface area contributed by atoms with Gasteiger partial charge in [-0.05, 0) is 30.3 Å². The molecule has 1 atom stereocenters. The summed E-state index contributed by atoms with van der Waals surface area (Å²) in [5.74, 6) is -0.677. The van der Waals surface area contributed by atoms with Crippen molar-refractivity contribution in [2.45, 2.75) is 12.5 Å². The van der Waals surface area contributed by atoms with E-state index in [-0.39, 0.29) is 23.5 Å². The summed E-state index contributed by atoms with van der Waals surface area (Å²) in [7, 11) is 1.50. The van der Waals surface area contributed by atoms with Crippen molar-refractivity contribution < 1.29 is 13.9 Å². The van der Waals surface area contributed by atoms with Gasteiger partial charge >= 0.3 is 0 Å². The van der Waals surface area contributed by atoms with E-state index in [0.29, 0.717) is 28.5 Å². The standard InChI is InChI=1S/C24H19FN4O3/c1-29-24(31)18-7-3-2-6-17(18)21(28-29)23(30)27-13-16-11-15-10-14(12-19(25)22(15)32-16)20-8-4-5-9-26-20/h2-10,12,16H,11,13H2,1H3,(H,27,30). The van der Waals surface area contributed by atoms with Gasteiger partial charge in [0.05, 0.1) is 17.6 Å². The quantitative estimate of drug-likeness (QED) is 0.538. The van der Waals surface area contributed by atoms with Crippen LogP contribution in [0.3, 0.4) is 0 Å². The average molecular weight is 430 g/mol. The lowest BCUT2D eigenvalue weighted by molar-refractivity contribution is 0.0927. The number of nitrogens with one attached hydrogen (secondary N) is 1. The van der Waals surface area contributed by atoms with Crippen LogP contribution in [0.25, 0.3) is 22.0 Å². The van der Waals surface area contributed by atoms with Crippen LogP contribution in [0.2, 0.25) is 0 Å². The second kappa shape index (κ2) is 7.88. The highest BCUT2D eigenvalue weighted by Gasteiger charge is 2.28. The van der Waals surface area contributed by atoms with Gasteiger partial charge in [0.2, 0.25) is 0 Å². The van der Waals surface area contributed by atoms with Gasteiger partial charge in [0.1, 0.15) is 6.10 Å². The molecule has 0 radical (unpaired) electrons. The van der Waals surface area contributed by atoms with Gasteiger partial charge in [-0.25, -0.2) is 9.07 Å². The Hall–Kier alpha value is -4.07. The number of hydrogen-bond acceptors (Lipinski definition) is 5. The first kappa shape index (κ1) is 19.9. The molecule has 3 heterocycles. The van der Waals surface area contributed by atoms with E-state index in [0.717, 1.165) is 10.2 Å². The first-order valence-corrected chi connectivity index (χ1v) is 10.2. The third kappa shape index (κ3) is 3.49. The van der Waals surface area contributed by atoms with Crippen LogP contribution < -0.4 is 15.6 Å². The summed E-state index contributed by atoms with van der Waals surface area (Å²) in [4.78, 5) is 29.4. The molecular weight excluding hydrogens is 411 g/mol. The molecule has 0 saturated carbocycles. The number of carbonyl (C=O) groups excluding carboxylic acids is 1. The van der Waals surface area contributed by atoms with E-state index in [1.54, 1.807) is 36.5 Å². The van der Waals surface area contributed by atoms with Crippen molar-refractivity contribution in [1.29, 1.82) is 0 Å². The predicted octanol–water partition coefficient (Wildman–Crippen LogP) is 2.87. The number of halogens is 1. The van der Waals surface area contributed by atoms with Crippen LogP contribution in [0, 0.1) is 5.82 Å². The molecule has 2 aromatic carbocycles. The van der Waals surface area contributed by atoms with Crippen molar-refractivity contribution >= 4 is 16.7 Å². The molecule has 2 aromatic heterocycles. The third-order valence-electron chi connectivity index (χ3n) is 5.48. The summed E-state index contributed by atoms with van der Waals surface area (Å²) >= 11 is 0. The smallest absolute Gasteiger partial charge is 0.274 e. The van der Waals surface area contributed by atoms with Crippen LogP contribution in [0.4, 0.5) is 4.39 Å². The Morgan fingerprint density at radius 3 is 2.75 bits per heavy atom. The van der Waals surface area contributed by atoms with E-state index in [4.69, 9.17) is 4.74 Å². The number of nitrogens with zero attached hydrogens (tertiary/aromatic N) is 3. The Balaban J connectivity index is 1.34. The molecule has 1 N–H and O–H groups in total. The SMILES string of the molecule is Cn1nc(C(=O)NCC2Cc3cc(-c4ccccn4)cc(F)c3O2)c2ccccc2c1=O. The molecule has 0 aliphatic carbocycles. The van der Waals surface area contributed by atoms with E-state index in [9.17, 15) is 14.0 Å². The molecule has 1 aliphatic rings. The molecule has 5 rings (SSSR count). The third-order valence-corrected chi connectivity index (χ3v) is 5.48. The van der Waals surface area contributed by atoms with Crippen molar-refractivity contribution in [2.75, 3.05) is 6.54 Å². The van der Waals surface area contributed by atoms with Crippen LogP contribution in [-0.4, -0.2) is 33.3 Å². The van der Waals surface area contributed by atoms with Crippen molar-refractivity contribution in [1.82, 2.24) is 20.1 Å². The maximum atomic E-state index is 14.6. The molecular formula is C24H19FN4O3. The summed E-state index contributed by atoms with van der Waals surface area (Å²) in [6.45, 7) is 0.171. The molecule has 1 unspecified atom stereocenters. The molecule has 0 bridgehead atoms. The number of benzene rings is 2. The number of carbonyl (C=O) groups is 1. The van der Waals surface area contributed by atoms with Crippen LogP contribution in [-0.2, 0) is 13.5 Å². The number of rotatable bonds is 4. The van der Waals surface area contributed by atoms with Crippen molar-refractivity contribution in [3.05, 3.63) is 88.2 Å². The summed E-state index contributed by atoms with van der Waals surface area (Å²) in [6, 6.07) is 15.6. The fourth-order valence-corrected chi connectivity index (χ4v) is 3.94. The summed E-state index contributed by atoms with van der Waals surface area (Å²) in [5, 5.41) is 7.83. The first-order chi connectivity index (χ1) is 15.5. The number of aromatic nitrogens is 3. The predicted molar refractivity (Wildman–Crippen MR) is 117 cm³/mol. The number of aryl methyl sites for hydroxylation is 1. The zero-order chi connectivity index (χ0) is 22.2. The zero-order valence-corrected chi connectivity index (χ0v) is 17.2. The second-order valence-electron chi connectivity index (χ2n) is 7.64. The number of ether oxygens (including phenoxy) is 1. The van der Waals surface area contributed by atoms with E-state index in [1.165, 1.54) is 13.1 Å². The number of pyridine rings is 1. The fourth-order valence-electron chi connectivity index (χ4n) is 3.94. The highest BCUT2D eigenvalue weighted by Crippen LogP contribution is 2.35. The highest BCUT2D eigenvalue weighted by atomic mass is 19.1. The molecule has 7 nitrogen and oxygen atoms in total. The fraction of sp³-hybridized carbons (Fsp3) is 0.167. The van der Waals surface area contributed by atoms with Gasteiger partial charge in [-0.3, -0.25) is 14.6 Å². The topological polar surface area (TPSA) is 86.1 Å². The molecule has 1 aliphatic heterocycles. The van der Waals surface area contributed by atoms with Gasteiger partial charge < -0.3 is 10.1 Å². The molecule has 0 saturated heterocycles. The second-order valence-corrected chi connectivity index (χ2v) is 7.64. The summed E-state index contributed by atoms with van der Waals surface area (Å²) < 4.78 is 21.6. The zero-order valence-electron chi connectivity index (χ0n) is 17.2. The normalized spacial score (nSPS) is 14.8. The van der Waals surface area contributed by atoms with E-state index in [1.807, 2.05) is 18.2 Å². The minimum atomic E-state index is -0.456. The number of amides is 1. The van der Waals surface area contributed by atoms with Crippen LogP contribution in [0.15, 0.2) is 65.6 Å². The molecule has 160 valence electrons. The Morgan fingerprint density at radius 2 is 1.97 bits per heavy atom. The summed E-state index contributed by atoms with van der Waals surface area (Å²) in [6.07, 6.45) is 1.70. The Bertz CT molecular complexity index is 1400. The van der Waals surface area contributed by atoms with E-state index < -0.39 is 17.8 Å². The van der Waals surface area contributed by atoms with Crippen molar-refractivity contribution in [3.63, 3.8) is 0 Å². The maximum Gasteiger partial charge on any atom is 0.274 e. The molecule has 0 fully saturated rings. The van der Waals surface area contributed by atoms with Crippen LogP contribution in [0.5, 0.6) is 5.75 Å². The molecule has 4 aromatic rings. The average Bonchev–Trinajstić information content (AvgIpc) is 3.24. The Kier molecular flexibility index (Phi) is 4.89. The largest absolute Gasteiger partial charge is 0.485 e. The van der Waals surface area contributed by atoms with Gasteiger partial charge in [0.25, 0.3) is 11.5 Å². The van der Waals surface area contributed by atoms with Gasteiger partial charge in [0.15, 0.2) is 17.3 Å². The molecule has 32 heavy (non-hydrogen) atoms. The number of fused-ring (bicyclic) bond motifs is 2. The molecule has 1 amide bonds. The summed E-state index contributed by atoms with van der Waals surface area (Å²) in [5.41, 5.74) is 1.97. The number of hydrogen-bond donors (Lipinski definition) is 1. The lowest BCUT2D eigenvalue weighted by atomic mass is 10.0. The first-order valence-electron chi connectivity index (χ1n) is 10.2. The van der Waals surface area contributed by atoms with Crippen LogP contribution in [0.1, 0.15) is 16.1 Å². The van der Waals surface area contributed by atoms with Gasteiger partial charge in [0, 0.05) is 36.2 Å². The van der Waals surface area contributed by atoms with Crippen molar-refractivity contribution in [2.24, 2.45) is 7.05 Å². The highest BCUT2D eigenvalue weighted by molar-refractivity contribution is 6.04. The van der Waals surface area contributed by atoms with Gasteiger partial charge in [-0.2, -0.15) is 5.10 Å². The Labute approximate surface area is 182 Å². The van der Waals surface area contributed by atoms with Crippen molar-refractivity contribution in [3.8, 4) is 17.0 Å².